The molecule has 0 aromatic heterocycles. The molecule has 0 spiro atoms. The third-order valence-corrected chi connectivity index (χ3v) is 3.00. The Balaban J connectivity index is 2.30. The molecule has 104 valence electrons. The predicted octanol–water partition coefficient (Wildman–Crippen LogP) is 2.18. The summed E-state index contributed by atoms with van der Waals surface area (Å²) in [5.41, 5.74) is 0.743. The fourth-order valence-electron chi connectivity index (χ4n) is 1.56. The highest BCUT2D eigenvalue weighted by Gasteiger charge is 2.07. The molecule has 19 heavy (non-hydrogen) atoms. The lowest BCUT2D eigenvalue weighted by molar-refractivity contribution is -0.137. The number of aliphatic carboxylic acids is 1. The van der Waals surface area contributed by atoms with Crippen molar-refractivity contribution in [1.29, 1.82) is 0 Å². The van der Waals surface area contributed by atoms with Gasteiger partial charge >= 0.3 is 5.97 Å². The van der Waals surface area contributed by atoms with E-state index in [1.807, 2.05) is 24.3 Å². The standard InChI is InChI=1S/C13H17BrN2O3/c1-16(8-2-3-13(18)19)9-12(17)15-11-6-4-10(14)5-7-11/h4-7H,2-3,8-9H2,1H3,(H,15,17)(H,18,19). The third kappa shape index (κ3) is 6.93. The predicted molar refractivity (Wildman–Crippen MR) is 77.1 cm³/mol. The first-order chi connectivity index (χ1) is 8.97. The molecule has 1 aromatic rings. The van der Waals surface area contributed by atoms with Gasteiger partial charge in [-0.2, -0.15) is 0 Å². The van der Waals surface area contributed by atoms with E-state index in [0.29, 0.717) is 13.0 Å². The van der Waals surface area contributed by atoms with Crippen molar-refractivity contribution in [3.63, 3.8) is 0 Å². The van der Waals surface area contributed by atoms with Crippen molar-refractivity contribution in [2.24, 2.45) is 0 Å². The van der Waals surface area contributed by atoms with E-state index in [2.05, 4.69) is 21.2 Å². The Morgan fingerprint density at radius 2 is 1.95 bits per heavy atom. The molecular weight excluding hydrogens is 312 g/mol. The molecular formula is C13H17BrN2O3. The second-order valence-corrected chi connectivity index (χ2v) is 5.21. The Labute approximate surface area is 120 Å². The Bertz CT molecular complexity index is 434. The monoisotopic (exact) mass is 328 g/mol. The number of hydrogen-bond donors (Lipinski definition) is 2. The van der Waals surface area contributed by atoms with E-state index in [-0.39, 0.29) is 18.9 Å². The number of amides is 1. The van der Waals surface area contributed by atoms with Crippen molar-refractivity contribution >= 4 is 33.5 Å². The molecule has 0 saturated carbocycles. The number of carbonyl (C=O) groups is 2. The molecule has 1 aromatic carbocycles. The van der Waals surface area contributed by atoms with Gasteiger partial charge < -0.3 is 10.4 Å². The van der Waals surface area contributed by atoms with Crippen LogP contribution in [0.3, 0.4) is 0 Å². The smallest absolute Gasteiger partial charge is 0.303 e. The number of hydrogen-bond acceptors (Lipinski definition) is 3. The van der Waals surface area contributed by atoms with Crippen LogP contribution >= 0.6 is 15.9 Å². The summed E-state index contributed by atoms with van der Waals surface area (Å²) in [4.78, 5) is 23.9. The normalized spacial score (nSPS) is 10.5. The largest absolute Gasteiger partial charge is 0.481 e. The Kier molecular flexibility index (Phi) is 6.52. The second-order valence-electron chi connectivity index (χ2n) is 4.29. The van der Waals surface area contributed by atoms with Crippen molar-refractivity contribution in [3.05, 3.63) is 28.7 Å². The summed E-state index contributed by atoms with van der Waals surface area (Å²) in [6, 6.07) is 7.33. The lowest BCUT2D eigenvalue weighted by atomic mass is 10.3. The van der Waals surface area contributed by atoms with E-state index >= 15 is 0 Å². The highest BCUT2D eigenvalue weighted by molar-refractivity contribution is 9.10. The number of carboxylic acids is 1. The van der Waals surface area contributed by atoms with E-state index in [4.69, 9.17) is 5.11 Å². The van der Waals surface area contributed by atoms with Gasteiger partial charge in [0, 0.05) is 16.6 Å². The molecule has 6 heteroatoms. The number of anilines is 1. The minimum absolute atomic E-state index is 0.111. The molecule has 0 fully saturated rings. The van der Waals surface area contributed by atoms with Crippen molar-refractivity contribution in [2.75, 3.05) is 25.5 Å². The summed E-state index contributed by atoms with van der Waals surface area (Å²) in [5, 5.41) is 11.3. The van der Waals surface area contributed by atoms with Crippen LogP contribution in [0.4, 0.5) is 5.69 Å². The lowest BCUT2D eigenvalue weighted by Crippen LogP contribution is -2.31. The van der Waals surface area contributed by atoms with Gasteiger partial charge in [0.05, 0.1) is 6.54 Å². The average molecular weight is 329 g/mol. The van der Waals surface area contributed by atoms with Gasteiger partial charge in [-0.05, 0) is 44.3 Å². The molecule has 0 atom stereocenters. The van der Waals surface area contributed by atoms with Crippen molar-refractivity contribution in [3.8, 4) is 0 Å². The summed E-state index contributed by atoms with van der Waals surface area (Å²) in [6.45, 7) is 0.829. The minimum atomic E-state index is -0.812. The van der Waals surface area contributed by atoms with Crippen LogP contribution in [-0.2, 0) is 9.59 Å². The minimum Gasteiger partial charge on any atom is -0.481 e. The maximum atomic E-state index is 11.7. The van der Waals surface area contributed by atoms with E-state index < -0.39 is 5.97 Å². The molecule has 0 aliphatic heterocycles. The van der Waals surface area contributed by atoms with Crippen LogP contribution in [0.25, 0.3) is 0 Å². The topological polar surface area (TPSA) is 69.6 Å². The van der Waals surface area contributed by atoms with Crippen molar-refractivity contribution < 1.29 is 14.7 Å². The Morgan fingerprint density at radius 1 is 1.32 bits per heavy atom. The van der Waals surface area contributed by atoms with E-state index in [0.717, 1.165) is 10.2 Å². The number of rotatable bonds is 7. The molecule has 5 nitrogen and oxygen atoms in total. The van der Waals surface area contributed by atoms with Gasteiger partial charge in [0.15, 0.2) is 0 Å². The molecule has 0 unspecified atom stereocenters. The summed E-state index contributed by atoms with van der Waals surface area (Å²) in [6.07, 6.45) is 0.663. The first-order valence-electron chi connectivity index (χ1n) is 5.93. The molecule has 0 bridgehead atoms. The number of benzene rings is 1. The summed E-state index contributed by atoms with van der Waals surface area (Å²) >= 11 is 3.32. The summed E-state index contributed by atoms with van der Waals surface area (Å²) < 4.78 is 0.955. The number of nitrogens with one attached hydrogen (secondary N) is 1. The number of carbonyl (C=O) groups excluding carboxylic acids is 1. The van der Waals surface area contributed by atoms with Gasteiger partial charge in [0.25, 0.3) is 0 Å². The molecule has 0 saturated heterocycles. The van der Waals surface area contributed by atoms with E-state index in [1.165, 1.54) is 0 Å². The molecule has 2 N–H and O–H groups in total. The summed E-state index contributed by atoms with van der Waals surface area (Å²) in [7, 11) is 1.79. The molecule has 1 amide bonds. The quantitative estimate of drug-likeness (QED) is 0.804. The first-order valence-corrected chi connectivity index (χ1v) is 6.72. The van der Waals surface area contributed by atoms with Crippen LogP contribution in [0.1, 0.15) is 12.8 Å². The number of likely N-dealkylation sites (N-methyl/N-ethyl adjacent to an activating group) is 1. The van der Waals surface area contributed by atoms with Gasteiger partial charge in [0.2, 0.25) is 5.91 Å². The fraction of sp³-hybridized carbons (Fsp3) is 0.385. The van der Waals surface area contributed by atoms with E-state index in [9.17, 15) is 9.59 Å². The van der Waals surface area contributed by atoms with Gasteiger partial charge in [0.1, 0.15) is 0 Å². The van der Waals surface area contributed by atoms with Crippen LogP contribution in [-0.4, -0.2) is 42.0 Å². The Hall–Kier alpha value is -1.40. The van der Waals surface area contributed by atoms with Crippen LogP contribution in [0.5, 0.6) is 0 Å². The van der Waals surface area contributed by atoms with Crippen LogP contribution in [0, 0.1) is 0 Å². The van der Waals surface area contributed by atoms with Gasteiger partial charge in [-0.1, -0.05) is 15.9 Å². The zero-order valence-corrected chi connectivity index (χ0v) is 12.3. The lowest BCUT2D eigenvalue weighted by Gasteiger charge is -2.15. The maximum absolute atomic E-state index is 11.7. The highest BCUT2D eigenvalue weighted by Crippen LogP contribution is 2.13. The van der Waals surface area contributed by atoms with Crippen molar-refractivity contribution in [1.82, 2.24) is 4.90 Å². The van der Waals surface area contributed by atoms with Crippen LogP contribution in [0.2, 0.25) is 0 Å². The van der Waals surface area contributed by atoms with Gasteiger partial charge in [-0.15, -0.1) is 0 Å². The molecule has 0 aliphatic carbocycles. The van der Waals surface area contributed by atoms with Gasteiger partial charge in [-0.3, -0.25) is 14.5 Å². The number of halogens is 1. The maximum Gasteiger partial charge on any atom is 0.303 e. The highest BCUT2D eigenvalue weighted by atomic mass is 79.9. The fourth-order valence-corrected chi connectivity index (χ4v) is 1.82. The summed E-state index contributed by atoms with van der Waals surface area (Å²) in [5.74, 6) is -0.923. The van der Waals surface area contributed by atoms with Crippen LogP contribution < -0.4 is 5.32 Å². The van der Waals surface area contributed by atoms with Gasteiger partial charge in [-0.25, -0.2) is 0 Å². The molecule has 0 heterocycles. The Morgan fingerprint density at radius 3 is 2.53 bits per heavy atom. The third-order valence-electron chi connectivity index (χ3n) is 2.47. The van der Waals surface area contributed by atoms with Crippen LogP contribution in [0.15, 0.2) is 28.7 Å². The first kappa shape index (κ1) is 15.7. The molecule has 0 radical (unpaired) electrons. The number of carboxylic acid groups (broad SMARTS) is 1. The number of nitrogens with zero attached hydrogens (tertiary/aromatic N) is 1. The van der Waals surface area contributed by atoms with E-state index in [1.54, 1.807) is 11.9 Å². The zero-order valence-electron chi connectivity index (χ0n) is 10.7. The molecule has 0 aliphatic rings. The zero-order chi connectivity index (χ0) is 14.3. The SMILES string of the molecule is CN(CCCC(=O)O)CC(=O)Nc1ccc(Br)cc1. The molecule has 1 rings (SSSR count). The average Bonchev–Trinajstić information content (AvgIpc) is 2.31. The second kappa shape index (κ2) is 7.91. The van der Waals surface area contributed by atoms with Crippen molar-refractivity contribution in [2.45, 2.75) is 12.8 Å².